The average molecular weight is 543 g/mol. The minimum Gasteiger partial charge on any atom is -0.396 e. The lowest BCUT2D eigenvalue weighted by Gasteiger charge is -2.10. The molecule has 0 aliphatic carbocycles. The Morgan fingerprint density at radius 1 is 1.10 bits per heavy atom. The standard InChI is InChI=1S/C25H18F5N7O2/c26-16-3-1-2-14(21(16)27)11-33-19(18-8-9-39-37-18)10-17(31)23-34-12-20(22(32)36-23)35-24(38)13-4-6-15(7-5-13)25(28,29)30/h1-10,12H,11,31H2,(H,35,38)(H2,32,34,36)/b17-10-,33-19?. The predicted octanol–water partition coefficient (Wildman–Crippen LogP) is 4.59. The van der Waals surface area contributed by atoms with Crippen LogP contribution in [0.25, 0.3) is 5.70 Å². The zero-order chi connectivity index (χ0) is 28.2. The van der Waals surface area contributed by atoms with Crippen LogP contribution in [0.5, 0.6) is 0 Å². The number of carbonyl (C=O) groups excluding carboxylic acids is 1. The molecular weight excluding hydrogens is 525 g/mol. The van der Waals surface area contributed by atoms with Gasteiger partial charge in [-0.3, -0.25) is 9.79 Å². The molecule has 4 rings (SSSR count). The molecule has 9 nitrogen and oxygen atoms in total. The second kappa shape index (κ2) is 11.1. The summed E-state index contributed by atoms with van der Waals surface area (Å²) in [7, 11) is 0. The number of nitrogens with zero attached hydrogens (tertiary/aromatic N) is 4. The van der Waals surface area contributed by atoms with Crippen molar-refractivity contribution in [3.8, 4) is 0 Å². The van der Waals surface area contributed by atoms with E-state index in [9.17, 15) is 26.7 Å². The fourth-order valence-corrected chi connectivity index (χ4v) is 3.23. The van der Waals surface area contributed by atoms with Gasteiger partial charge in [0.05, 0.1) is 29.7 Å². The van der Waals surface area contributed by atoms with E-state index < -0.39 is 29.3 Å². The van der Waals surface area contributed by atoms with Crippen molar-refractivity contribution >= 4 is 28.8 Å². The number of hydrogen-bond acceptors (Lipinski definition) is 8. The molecule has 39 heavy (non-hydrogen) atoms. The molecule has 0 atom stereocenters. The maximum Gasteiger partial charge on any atom is 0.416 e. The van der Waals surface area contributed by atoms with Crippen molar-refractivity contribution in [3.05, 3.63) is 107 Å². The first kappa shape index (κ1) is 26.9. The Kier molecular flexibility index (Phi) is 7.65. The number of nitrogens with one attached hydrogen (secondary N) is 1. The van der Waals surface area contributed by atoms with E-state index in [1.165, 1.54) is 30.5 Å². The maximum atomic E-state index is 14.0. The highest BCUT2D eigenvalue weighted by atomic mass is 19.4. The van der Waals surface area contributed by atoms with Gasteiger partial charge in [-0.15, -0.1) is 0 Å². The van der Waals surface area contributed by atoms with Crippen molar-refractivity contribution in [3.63, 3.8) is 0 Å². The molecule has 4 aromatic rings. The highest BCUT2D eigenvalue weighted by Crippen LogP contribution is 2.29. The van der Waals surface area contributed by atoms with Crippen LogP contribution in [0, 0.1) is 11.6 Å². The molecule has 14 heteroatoms. The van der Waals surface area contributed by atoms with Crippen LogP contribution < -0.4 is 16.8 Å². The molecule has 0 unspecified atom stereocenters. The quantitative estimate of drug-likeness (QED) is 0.228. The lowest BCUT2D eigenvalue weighted by molar-refractivity contribution is -0.137. The first-order chi connectivity index (χ1) is 18.5. The molecule has 0 aliphatic rings. The number of hydrogen-bond donors (Lipinski definition) is 3. The fourth-order valence-electron chi connectivity index (χ4n) is 3.23. The van der Waals surface area contributed by atoms with Crippen LogP contribution in [-0.2, 0) is 12.7 Å². The summed E-state index contributed by atoms with van der Waals surface area (Å²) in [6, 6.07) is 8.76. The van der Waals surface area contributed by atoms with Crippen molar-refractivity contribution in [1.82, 2.24) is 15.1 Å². The number of benzene rings is 2. The molecule has 2 aromatic carbocycles. The van der Waals surface area contributed by atoms with Gasteiger partial charge in [0.15, 0.2) is 23.3 Å². The average Bonchev–Trinajstić information content (AvgIpc) is 3.44. The molecule has 0 fully saturated rings. The number of rotatable bonds is 7. The lowest BCUT2D eigenvalue weighted by Crippen LogP contribution is -2.16. The van der Waals surface area contributed by atoms with E-state index in [1.54, 1.807) is 0 Å². The first-order valence-electron chi connectivity index (χ1n) is 11.0. The highest BCUT2D eigenvalue weighted by Gasteiger charge is 2.30. The van der Waals surface area contributed by atoms with Crippen molar-refractivity contribution in [2.75, 3.05) is 11.1 Å². The first-order valence-corrected chi connectivity index (χ1v) is 11.0. The van der Waals surface area contributed by atoms with Gasteiger partial charge in [0, 0.05) is 17.2 Å². The van der Waals surface area contributed by atoms with Crippen molar-refractivity contribution in [2.45, 2.75) is 12.7 Å². The third-order valence-corrected chi connectivity index (χ3v) is 5.24. The zero-order valence-electron chi connectivity index (χ0n) is 19.7. The second-order valence-corrected chi connectivity index (χ2v) is 7.92. The summed E-state index contributed by atoms with van der Waals surface area (Å²) >= 11 is 0. The van der Waals surface area contributed by atoms with Gasteiger partial charge < -0.3 is 21.3 Å². The topological polar surface area (TPSA) is 145 Å². The van der Waals surface area contributed by atoms with E-state index in [0.717, 1.165) is 36.5 Å². The molecular formula is C25H18F5N7O2. The number of nitrogens with two attached hydrogens (primary N) is 2. The van der Waals surface area contributed by atoms with Crippen molar-refractivity contribution in [1.29, 1.82) is 0 Å². The molecule has 2 heterocycles. The molecule has 2 aromatic heterocycles. The fraction of sp³-hybridized carbons (Fsp3) is 0.0800. The molecule has 0 aliphatic heterocycles. The minimum atomic E-state index is -4.54. The van der Waals surface area contributed by atoms with Gasteiger partial charge in [0.25, 0.3) is 5.91 Å². The molecule has 0 saturated heterocycles. The Hall–Kier alpha value is -5.14. The number of halogens is 5. The summed E-state index contributed by atoms with van der Waals surface area (Å²) < 4.78 is 70.6. The van der Waals surface area contributed by atoms with Crippen LogP contribution >= 0.6 is 0 Å². The zero-order valence-corrected chi connectivity index (χ0v) is 19.7. The number of aromatic nitrogens is 3. The molecule has 5 N–H and O–H groups in total. The highest BCUT2D eigenvalue weighted by molar-refractivity contribution is 6.10. The van der Waals surface area contributed by atoms with Crippen LogP contribution in [0.15, 0.2) is 76.6 Å². The van der Waals surface area contributed by atoms with Gasteiger partial charge in [-0.25, -0.2) is 18.7 Å². The smallest absolute Gasteiger partial charge is 0.396 e. The van der Waals surface area contributed by atoms with Crippen LogP contribution in [0.4, 0.5) is 33.5 Å². The van der Waals surface area contributed by atoms with Crippen LogP contribution in [0.2, 0.25) is 0 Å². The molecule has 1 amide bonds. The summed E-state index contributed by atoms with van der Waals surface area (Å²) in [4.78, 5) is 24.8. The van der Waals surface area contributed by atoms with Gasteiger partial charge in [-0.05, 0) is 36.4 Å². The van der Waals surface area contributed by atoms with E-state index >= 15 is 0 Å². The van der Waals surface area contributed by atoms with Gasteiger partial charge in [-0.2, -0.15) is 13.2 Å². The lowest BCUT2D eigenvalue weighted by atomic mass is 10.1. The van der Waals surface area contributed by atoms with Crippen LogP contribution in [0.1, 0.15) is 33.0 Å². The summed E-state index contributed by atoms with van der Waals surface area (Å²) in [5, 5.41) is 6.20. The molecule has 0 spiro atoms. The third-order valence-electron chi connectivity index (χ3n) is 5.24. The summed E-state index contributed by atoms with van der Waals surface area (Å²) in [6.07, 6.45) is -0.773. The van der Waals surface area contributed by atoms with Gasteiger partial charge in [0.2, 0.25) is 0 Å². The van der Waals surface area contributed by atoms with E-state index in [2.05, 4.69) is 25.4 Å². The normalized spacial score (nSPS) is 12.4. The molecule has 0 saturated carbocycles. The number of nitrogen functional groups attached to an aromatic ring is 1. The Labute approximate surface area is 217 Å². The predicted molar refractivity (Wildman–Crippen MR) is 131 cm³/mol. The maximum absolute atomic E-state index is 14.0. The van der Waals surface area contributed by atoms with Crippen LogP contribution in [-0.4, -0.2) is 26.7 Å². The Bertz CT molecular complexity index is 1550. The van der Waals surface area contributed by atoms with E-state index in [-0.39, 0.29) is 52.1 Å². The summed E-state index contributed by atoms with van der Waals surface area (Å²) in [6.45, 7) is -0.243. The SMILES string of the molecule is N/C(=C\C(=NCc1cccc(F)c1F)c1ccon1)c1ncc(NC(=O)c2ccc(C(F)(F)F)cc2)c(N)n1. The Morgan fingerprint density at radius 2 is 1.85 bits per heavy atom. The second-order valence-electron chi connectivity index (χ2n) is 7.92. The van der Waals surface area contributed by atoms with E-state index in [1.807, 2.05) is 0 Å². The molecule has 0 bridgehead atoms. The number of alkyl halides is 3. The third kappa shape index (κ3) is 6.41. The number of anilines is 2. The number of aliphatic imine (C=N–C) groups is 1. The van der Waals surface area contributed by atoms with Crippen molar-refractivity contribution in [2.24, 2.45) is 10.7 Å². The van der Waals surface area contributed by atoms with E-state index in [0.29, 0.717) is 0 Å². The molecule has 200 valence electrons. The monoisotopic (exact) mass is 543 g/mol. The van der Waals surface area contributed by atoms with Crippen molar-refractivity contribution < 1.29 is 31.3 Å². The van der Waals surface area contributed by atoms with Crippen LogP contribution in [0.3, 0.4) is 0 Å². The van der Waals surface area contributed by atoms with Gasteiger partial charge in [0.1, 0.15) is 17.6 Å². The summed E-state index contributed by atoms with van der Waals surface area (Å²) in [5.41, 5.74) is 11.4. The number of allylic oxidation sites excluding steroid dienone is 1. The number of amides is 1. The van der Waals surface area contributed by atoms with E-state index in [4.69, 9.17) is 16.0 Å². The van der Waals surface area contributed by atoms with Gasteiger partial charge >= 0.3 is 6.18 Å². The largest absolute Gasteiger partial charge is 0.416 e. The van der Waals surface area contributed by atoms with Gasteiger partial charge in [-0.1, -0.05) is 17.3 Å². The Morgan fingerprint density at radius 3 is 2.49 bits per heavy atom. The summed E-state index contributed by atoms with van der Waals surface area (Å²) in [5.74, 6) is -3.04. The minimum absolute atomic E-state index is 0.00315. The molecule has 0 radical (unpaired) electrons. The Balaban J connectivity index is 1.54. The number of carbonyl (C=O) groups is 1.